The van der Waals surface area contributed by atoms with Crippen LogP contribution in [-0.4, -0.2) is 22.8 Å². The van der Waals surface area contributed by atoms with Crippen LogP contribution < -0.4 is 0 Å². The first kappa shape index (κ1) is 14.5. The summed E-state index contributed by atoms with van der Waals surface area (Å²) in [6.07, 6.45) is 9.53. The highest BCUT2D eigenvalue weighted by Crippen LogP contribution is 2.53. The van der Waals surface area contributed by atoms with E-state index in [0.29, 0.717) is 5.54 Å². The Bertz CT molecular complexity index is 259. The molecular weight excluding hydrogens is 240 g/mol. The molecule has 3 unspecified atom stereocenters. The van der Waals surface area contributed by atoms with Crippen LogP contribution in [0.25, 0.3) is 0 Å². The van der Waals surface area contributed by atoms with Crippen LogP contribution in [0.4, 0.5) is 0 Å². The predicted molar refractivity (Wildman–Crippen MR) is 77.9 cm³/mol. The van der Waals surface area contributed by atoms with Gasteiger partial charge in [-0.25, -0.2) is 0 Å². The molecule has 0 amide bonds. The third-order valence-electron chi connectivity index (χ3n) is 5.45. The zero-order valence-corrected chi connectivity index (χ0v) is 13.6. The first-order chi connectivity index (χ1) is 8.64. The van der Waals surface area contributed by atoms with Crippen LogP contribution >= 0.6 is 0 Å². The number of rotatable bonds is 4. The summed E-state index contributed by atoms with van der Waals surface area (Å²) in [6.45, 7) is 4.80. The molecule has 3 heteroatoms. The maximum Gasteiger partial charge on any atom is 0.344 e. The summed E-state index contributed by atoms with van der Waals surface area (Å²) in [7, 11) is 1.82. The Morgan fingerprint density at radius 3 is 1.94 bits per heavy atom. The first-order valence-electron chi connectivity index (χ1n) is 7.74. The Labute approximate surface area is 114 Å². The largest absolute Gasteiger partial charge is 0.397 e. The molecule has 18 heavy (non-hydrogen) atoms. The van der Waals surface area contributed by atoms with Gasteiger partial charge >= 0.3 is 8.56 Å². The Morgan fingerprint density at radius 1 is 0.889 bits per heavy atom. The summed E-state index contributed by atoms with van der Waals surface area (Å²) in [5.41, 5.74) is 1.45. The van der Waals surface area contributed by atoms with Gasteiger partial charge < -0.3 is 8.85 Å². The van der Waals surface area contributed by atoms with Gasteiger partial charge in [0.15, 0.2) is 0 Å². The maximum absolute atomic E-state index is 6.15. The van der Waals surface area contributed by atoms with Crippen LogP contribution in [0.15, 0.2) is 0 Å². The highest BCUT2D eigenvalue weighted by Gasteiger charge is 2.55. The van der Waals surface area contributed by atoms with Crippen molar-refractivity contribution in [1.29, 1.82) is 0 Å². The zero-order chi connectivity index (χ0) is 13.2. The average Bonchev–Trinajstić information content (AvgIpc) is 2.73. The van der Waals surface area contributed by atoms with Gasteiger partial charge in [0, 0.05) is 25.3 Å². The number of hydrogen-bond acceptors (Lipinski definition) is 2. The van der Waals surface area contributed by atoms with Crippen LogP contribution in [0.1, 0.15) is 58.8 Å². The second-order valence-corrected chi connectivity index (χ2v) is 10.4. The molecule has 0 aromatic carbocycles. The molecule has 2 saturated carbocycles. The molecule has 0 aromatic rings. The van der Waals surface area contributed by atoms with Crippen molar-refractivity contribution < 1.29 is 8.85 Å². The quantitative estimate of drug-likeness (QED) is 0.701. The molecule has 0 saturated heterocycles. The Kier molecular flexibility index (Phi) is 4.90. The molecule has 0 N–H and O–H groups in total. The summed E-state index contributed by atoms with van der Waals surface area (Å²) < 4.78 is 12.3. The molecule has 0 bridgehead atoms. The summed E-state index contributed by atoms with van der Waals surface area (Å²) in [5, 5.41) is 0. The molecular formula is C15H30O2Si. The average molecular weight is 270 g/mol. The van der Waals surface area contributed by atoms with Crippen molar-refractivity contribution in [2.75, 3.05) is 14.2 Å². The van der Waals surface area contributed by atoms with Crippen LogP contribution in [0.5, 0.6) is 0 Å². The van der Waals surface area contributed by atoms with Crippen LogP contribution in [0.3, 0.4) is 0 Å². The van der Waals surface area contributed by atoms with Gasteiger partial charge in [-0.15, -0.1) is 0 Å². The van der Waals surface area contributed by atoms with Gasteiger partial charge in [-0.05, 0) is 37.5 Å². The molecule has 2 aliphatic carbocycles. The van der Waals surface area contributed by atoms with E-state index in [1.54, 1.807) is 0 Å². The van der Waals surface area contributed by atoms with Crippen molar-refractivity contribution in [1.82, 2.24) is 0 Å². The van der Waals surface area contributed by atoms with Crippen LogP contribution in [0.2, 0.25) is 11.1 Å². The highest BCUT2D eigenvalue weighted by atomic mass is 28.4. The zero-order valence-electron chi connectivity index (χ0n) is 12.6. The predicted octanol–water partition coefficient (Wildman–Crippen LogP) is 4.49. The summed E-state index contributed by atoms with van der Waals surface area (Å²) in [6, 6.07) is 0. The monoisotopic (exact) mass is 270 g/mol. The lowest BCUT2D eigenvalue weighted by atomic mass is 10.0. The minimum Gasteiger partial charge on any atom is -0.397 e. The van der Waals surface area contributed by atoms with Gasteiger partial charge in [0.25, 0.3) is 0 Å². The van der Waals surface area contributed by atoms with Gasteiger partial charge in [-0.1, -0.05) is 33.1 Å². The van der Waals surface area contributed by atoms with Crippen molar-refractivity contribution >= 4 is 8.56 Å². The summed E-state index contributed by atoms with van der Waals surface area (Å²) in [4.78, 5) is 0. The molecule has 0 aromatic heterocycles. The molecule has 2 rings (SSSR count). The van der Waals surface area contributed by atoms with E-state index in [4.69, 9.17) is 8.85 Å². The fraction of sp³-hybridized carbons (Fsp3) is 1.00. The minimum absolute atomic E-state index is 0.714. The standard InChI is InChI=1S/C15H30O2Si/c1-12-10-13(2)15(11-12)18(16-3,17-4)14-8-6-5-7-9-14/h12-15H,5-11H2,1-4H3. The van der Waals surface area contributed by atoms with Crippen molar-refractivity contribution in [2.45, 2.75) is 69.9 Å². The molecule has 2 fully saturated rings. The minimum atomic E-state index is -2.01. The normalized spacial score (nSPS) is 35.0. The molecule has 3 atom stereocenters. The molecule has 2 nitrogen and oxygen atoms in total. The molecule has 106 valence electrons. The van der Waals surface area contributed by atoms with E-state index >= 15 is 0 Å². The topological polar surface area (TPSA) is 18.5 Å². The van der Waals surface area contributed by atoms with Crippen molar-refractivity contribution in [3.05, 3.63) is 0 Å². The Balaban J connectivity index is 2.19. The van der Waals surface area contributed by atoms with Crippen molar-refractivity contribution in [2.24, 2.45) is 11.8 Å². The van der Waals surface area contributed by atoms with E-state index in [-0.39, 0.29) is 0 Å². The van der Waals surface area contributed by atoms with E-state index < -0.39 is 8.56 Å². The van der Waals surface area contributed by atoms with Gasteiger partial charge in [0.05, 0.1) is 0 Å². The van der Waals surface area contributed by atoms with Crippen LogP contribution in [-0.2, 0) is 8.85 Å². The van der Waals surface area contributed by atoms with Gasteiger partial charge in [0.2, 0.25) is 0 Å². The van der Waals surface area contributed by atoms with Crippen molar-refractivity contribution in [3.63, 3.8) is 0 Å². The Hall–Kier alpha value is 0.137. The summed E-state index contributed by atoms with van der Waals surface area (Å²) >= 11 is 0. The smallest absolute Gasteiger partial charge is 0.344 e. The summed E-state index contributed by atoms with van der Waals surface area (Å²) in [5.74, 6) is 1.64. The third-order valence-corrected chi connectivity index (χ3v) is 10.3. The molecule has 0 heterocycles. The van der Waals surface area contributed by atoms with E-state index in [9.17, 15) is 0 Å². The Morgan fingerprint density at radius 2 is 1.50 bits per heavy atom. The number of hydrogen-bond donors (Lipinski definition) is 0. The fourth-order valence-electron chi connectivity index (χ4n) is 4.65. The second-order valence-electron chi connectivity index (χ2n) is 6.62. The lowest BCUT2D eigenvalue weighted by molar-refractivity contribution is 0.196. The lowest BCUT2D eigenvalue weighted by Crippen LogP contribution is -2.51. The van der Waals surface area contributed by atoms with Gasteiger partial charge in [-0.3, -0.25) is 0 Å². The van der Waals surface area contributed by atoms with E-state index in [2.05, 4.69) is 13.8 Å². The molecule has 0 spiro atoms. The van der Waals surface area contributed by atoms with Gasteiger partial charge in [0.1, 0.15) is 0 Å². The SMILES string of the molecule is CO[Si](OC)(C1CCCCC1)C1CC(C)CC1C. The van der Waals surface area contributed by atoms with E-state index in [1.807, 2.05) is 14.2 Å². The third kappa shape index (κ3) is 2.54. The van der Waals surface area contributed by atoms with Gasteiger partial charge in [-0.2, -0.15) is 0 Å². The lowest BCUT2D eigenvalue weighted by Gasteiger charge is -2.42. The van der Waals surface area contributed by atoms with Crippen molar-refractivity contribution in [3.8, 4) is 0 Å². The molecule has 0 radical (unpaired) electrons. The maximum atomic E-state index is 6.15. The molecule has 2 aliphatic rings. The first-order valence-corrected chi connectivity index (χ1v) is 9.71. The second kappa shape index (κ2) is 6.06. The fourth-order valence-corrected chi connectivity index (χ4v) is 9.57. The van der Waals surface area contributed by atoms with E-state index in [1.165, 1.54) is 44.9 Å². The highest BCUT2D eigenvalue weighted by molar-refractivity contribution is 6.70. The van der Waals surface area contributed by atoms with Crippen LogP contribution in [0, 0.1) is 11.8 Å². The molecule has 0 aliphatic heterocycles. The van der Waals surface area contributed by atoms with E-state index in [0.717, 1.165) is 17.4 Å².